The highest BCUT2D eigenvalue weighted by Crippen LogP contribution is 2.30. The molecule has 2 saturated carbocycles. The standard InChI is InChI=1S/C20H37N3O2/c1-20(2,3)25-19(24)23(15-17-6-7-17)11-10-22-9-8-18(14-22)13-21-12-16-4-5-16/h16-18,21H,4-15H2,1-3H3. The van der Waals surface area contributed by atoms with E-state index in [4.69, 9.17) is 4.74 Å². The molecule has 3 aliphatic rings. The van der Waals surface area contributed by atoms with Gasteiger partial charge < -0.3 is 19.9 Å². The second-order valence-corrected chi connectivity index (χ2v) is 9.43. The van der Waals surface area contributed by atoms with E-state index in [2.05, 4.69) is 10.2 Å². The molecule has 0 bridgehead atoms. The number of nitrogens with zero attached hydrogens (tertiary/aromatic N) is 2. The van der Waals surface area contributed by atoms with Crippen LogP contribution in [0.1, 0.15) is 52.9 Å². The van der Waals surface area contributed by atoms with Crippen LogP contribution in [0.4, 0.5) is 4.79 Å². The highest BCUT2D eigenvalue weighted by atomic mass is 16.6. The van der Waals surface area contributed by atoms with Crippen molar-refractivity contribution < 1.29 is 9.53 Å². The maximum Gasteiger partial charge on any atom is 0.410 e. The van der Waals surface area contributed by atoms with Crippen molar-refractivity contribution in [1.82, 2.24) is 15.1 Å². The van der Waals surface area contributed by atoms with Crippen LogP contribution >= 0.6 is 0 Å². The van der Waals surface area contributed by atoms with Crippen molar-refractivity contribution in [3.05, 3.63) is 0 Å². The van der Waals surface area contributed by atoms with Gasteiger partial charge in [0.05, 0.1) is 0 Å². The lowest BCUT2D eigenvalue weighted by molar-refractivity contribution is 0.0226. The van der Waals surface area contributed by atoms with Crippen LogP contribution in [0.3, 0.4) is 0 Å². The summed E-state index contributed by atoms with van der Waals surface area (Å²) in [7, 11) is 0. The first-order chi connectivity index (χ1) is 11.9. The summed E-state index contributed by atoms with van der Waals surface area (Å²) in [6, 6.07) is 0. The Morgan fingerprint density at radius 3 is 2.40 bits per heavy atom. The van der Waals surface area contributed by atoms with E-state index >= 15 is 0 Å². The lowest BCUT2D eigenvalue weighted by Crippen LogP contribution is -2.42. The molecule has 0 aromatic heterocycles. The normalized spacial score (nSPS) is 24.5. The number of hydrogen-bond acceptors (Lipinski definition) is 4. The van der Waals surface area contributed by atoms with E-state index in [1.165, 1.54) is 51.7 Å². The Bertz CT molecular complexity index is 441. The minimum atomic E-state index is -0.412. The van der Waals surface area contributed by atoms with E-state index in [-0.39, 0.29) is 6.09 Å². The summed E-state index contributed by atoms with van der Waals surface area (Å²) in [5.74, 6) is 2.44. The molecule has 3 fully saturated rings. The van der Waals surface area contributed by atoms with Gasteiger partial charge in [-0.2, -0.15) is 0 Å². The van der Waals surface area contributed by atoms with Crippen molar-refractivity contribution in [2.24, 2.45) is 17.8 Å². The first-order valence-electron chi connectivity index (χ1n) is 10.3. The predicted molar refractivity (Wildman–Crippen MR) is 101 cm³/mol. The van der Waals surface area contributed by atoms with E-state index < -0.39 is 5.60 Å². The fourth-order valence-electron chi connectivity index (χ4n) is 3.55. The van der Waals surface area contributed by atoms with Crippen LogP contribution in [-0.2, 0) is 4.74 Å². The fourth-order valence-corrected chi connectivity index (χ4v) is 3.55. The van der Waals surface area contributed by atoms with Crippen LogP contribution in [0.5, 0.6) is 0 Å². The summed E-state index contributed by atoms with van der Waals surface area (Å²) in [5.41, 5.74) is -0.412. The van der Waals surface area contributed by atoms with Crippen molar-refractivity contribution in [3.8, 4) is 0 Å². The molecule has 144 valence electrons. The molecule has 1 aliphatic heterocycles. The first kappa shape index (κ1) is 19.0. The van der Waals surface area contributed by atoms with Crippen molar-refractivity contribution in [1.29, 1.82) is 0 Å². The third kappa shape index (κ3) is 7.14. The Morgan fingerprint density at radius 2 is 1.76 bits per heavy atom. The molecule has 0 aromatic rings. The molecule has 1 saturated heterocycles. The minimum Gasteiger partial charge on any atom is -0.444 e. The monoisotopic (exact) mass is 351 g/mol. The number of ether oxygens (including phenoxy) is 1. The van der Waals surface area contributed by atoms with Crippen LogP contribution in [-0.4, -0.2) is 67.3 Å². The van der Waals surface area contributed by atoms with Crippen molar-refractivity contribution >= 4 is 6.09 Å². The molecular formula is C20H37N3O2. The fraction of sp³-hybridized carbons (Fsp3) is 0.950. The van der Waals surface area contributed by atoms with Crippen LogP contribution in [0.25, 0.3) is 0 Å². The Kier molecular flexibility index (Phi) is 6.26. The molecule has 1 amide bonds. The molecule has 5 nitrogen and oxygen atoms in total. The quantitative estimate of drug-likeness (QED) is 0.694. The van der Waals surface area contributed by atoms with Crippen LogP contribution in [0, 0.1) is 17.8 Å². The van der Waals surface area contributed by atoms with Gasteiger partial charge in [0.2, 0.25) is 0 Å². The highest BCUT2D eigenvalue weighted by molar-refractivity contribution is 5.68. The largest absolute Gasteiger partial charge is 0.444 e. The number of carbonyl (C=O) groups is 1. The lowest BCUT2D eigenvalue weighted by atomic mass is 10.1. The van der Waals surface area contributed by atoms with Crippen LogP contribution in [0.2, 0.25) is 0 Å². The summed E-state index contributed by atoms with van der Waals surface area (Å²) in [6.07, 6.45) is 6.51. The molecule has 1 unspecified atom stereocenters. The molecule has 0 aromatic carbocycles. The van der Waals surface area contributed by atoms with E-state index in [9.17, 15) is 4.79 Å². The average Bonchev–Trinajstić information content (AvgIpc) is 3.43. The predicted octanol–water partition coefficient (Wildman–Crippen LogP) is 2.96. The van der Waals surface area contributed by atoms with Crippen molar-refractivity contribution in [2.45, 2.75) is 58.5 Å². The Hall–Kier alpha value is -0.810. The molecule has 2 aliphatic carbocycles. The van der Waals surface area contributed by atoms with Gasteiger partial charge in [-0.05, 0) is 90.3 Å². The molecule has 0 radical (unpaired) electrons. The van der Waals surface area contributed by atoms with Gasteiger partial charge in [-0.3, -0.25) is 0 Å². The van der Waals surface area contributed by atoms with Gasteiger partial charge in [-0.25, -0.2) is 4.79 Å². The zero-order valence-corrected chi connectivity index (χ0v) is 16.4. The van der Waals surface area contributed by atoms with Crippen molar-refractivity contribution in [2.75, 3.05) is 45.8 Å². The van der Waals surface area contributed by atoms with Gasteiger partial charge in [0, 0.05) is 26.2 Å². The molecular weight excluding hydrogens is 314 g/mol. The number of amides is 1. The zero-order chi connectivity index (χ0) is 17.9. The average molecular weight is 352 g/mol. The van der Waals surface area contributed by atoms with Gasteiger partial charge in [-0.1, -0.05) is 0 Å². The van der Waals surface area contributed by atoms with Gasteiger partial charge >= 0.3 is 6.09 Å². The maximum atomic E-state index is 12.5. The maximum absolute atomic E-state index is 12.5. The number of rotatable bonds is 9. The molecule has 1 heterocycles. The van der Waals surface area contributed by atoms with Crippen LogP contribution in [0.15, 0.2) is 0 Å². The summed E-state index contributed by atoms with van der Waals surface area (Å²) in [6.45, 7) is 13.2. The summed E-state index contributed by atoms with van der Waals surface area (Å²) in [5, 5.41) is 3.64. The third-order valence-electron chi connectivity index (χ3n) is 5.45. The molecule has 3 rings (SSSR count). The van der Waals surface area contributed by atoms with Gasteiger partial charge in [0.1, 0.15) is 5.60 Å². The minimum absolute atomic E-state index is 0.138. The summed E-state index contributed by atoms with van der Waals surface area (Å²) < 4.78 is 5.60. The SMILES string of the molecule is CC(C)(C)OC(=O)N(CCN1CCC(CNCC2CC2)C1)CC1CC1. The Morgan fingerprint density at radius 1 is 1.08 bits per heavy atom. The number of hydrogen-bond donors (Lipinski definition) is 1. The topological polar surface area (TPSA) is 44.8 Å². The second kappa shape index (κ2) is 8.26. The molecule has 1 N–H and O–H groups in total. The smallest absolute Gasteiger partial charge is 0.410 e. The Labute approximate surface area is 153 Å². The van der Waals surface area contributed by atoms with E-state index in [1.54, 1.807) is 0 Å². The summed E-state index contributed by atoms with van der Waals surface area (Å²) in [4.78, 5) is 16.9. The number of carbonyl (C=O) groups excluding carboxylic acids is 1. The van der Waals surface area contributed by atoms with E-state index in [0.29, 0.717) is 5.92 Å². The van der Waals surface area contributed by atoms with E-state index in [1.807, 2.05) is 25.7 Å². The molecule has 25 heavy (non-hydrogen) atoms. The number of likely N-dealkylation sites (tertiary alicyclic amines) is 1. The van der Waals surface area contributed by atoms with Gasteiger partial charge in [-0.15, -0.1) is 0 Å². The van der Waals surface area contributed by atoms with Gasteiger partial charge in [0.25, 0.3) is 0 Å². The molecule has 5 heteroatoms. The van der Waals surface area contributed by atoms with Crippen molar-refractivity contribution in [3.63, 3.8) is 0 Å². The zero-order valence-electron chi connectivity index (χ0n) is 16.4. The Balaban J connectivity index is 1.37. The lowest BCUT2D eigenvalue weighted by Gasteiger charge is -2.29. The molecule has 1 atom stereocenters. The van der Waals surface area contributed by atoms with Crippen LogP contribution < -0.4 is 5.32 Å². The second-order valence-electron chi connectivity index (χ2n) is 9.43. The number of nitrogens with one attached hydrogen (secondary N) is 1. The summed E-state index contributed by atoms with van der Waals surface area (Å²) >= 11 is 0. The third-order valence-corrected chi connectivity index (χ3v) is 5.45. The van der Waals surface area contributed by atoms with E-state index in [0.717, 1.165) is 38.0 Å². The molecule has 0 spiro atoms. The van der Waals surface area contributed by atoms with Gasteiger partial charge in [0.15, 0.2) is 0 Å². The first-order valence-corrected chi connectivity index (χ1v) is 10.3. The highest BCUT2D eigenvalue weighted by Gasteiger charge is 2.30.